The van der Waals surface area contributed by atoms with Gasteiger partial charge in [0.2, 0.25) is 16.0 Å². The Hall–Kier alpha value is -3.49. The quantitative estimate of drug-likeness (QED) is 0.345. The Morgan fingerprint density at radius 1 is 1.00 bits per heavy atom. The van der Waals surface area contributed by atoms with Crippen molar-refractivity contribution in [3.05, 3.63) is 41.0 Å². The minimum Gasteiger partial charge on any atom is -0.494 e. The van der Waals surface area contributed by atoms with E-state index < -0.39 is 10.0 Å². The number of sulfonamides is 1. The Balaban J connectivity index is 1.51. The Morgan fingerprint density at radius 3 is 2.42 bits per heavy atom. The molecule has 3 aliphatic heterocycles. The van der Waals surface area contributed by atoms with E-state index in [1.807, 2.05) is 18.2 Å². The van der Waals surface area contributed by atoms with Crippen molar-refractivity contribution in [1.82, 2.24) is 14.9 Å². The van der Waals surface area contributed by atoms with Crippen molar-refractivity contribution in [2.75, 3.05) is 80.7 Å². The lowest BCUT2D eigenvalue weighted by Crippen LogP contribution is -2.42. The van der Waals surface area contributed by atoms with Crippen LogP contribution in [0.4, 0.5) is 34.5 Å². The number of halogens is 1. The molecule has 1 aromatic heterocycles. The maximum absolute atomic E-state index is 12.5. The van der Waals surface area contributed by atoms with E-state index in [9.17, 15) is 8.42 Å². The fourth-order valence-electron chi connectivity index (χ4n) is 5.46. The minimum atomic E-state index is -3.55. The summed E-state index contributed by atoms with van der Waals surface area (Å²) in [6.07, 6.45) is 7.52. The zero-order chi connectivity index (χ0) is 32.1. The summed E-state index contributed by atoms with van der Waals surface area (Å²) in [5.41, 5.74) is 2.64. The van der Waals surface area contributed by atoms with E-state index in [-0.39, 0.29) is 0 Å². The highest BCUT2D eigenvalue weighted by molar-refractivity contribution is 9.10. The van der Waals surface area contributed by atoms with Gasteiger partial charge in [-0.3, -0.25) is 4.31 Å². The molecule has 0 amide bonds. The molecule has 45 heavy (non-hydrogen) atoms. The van der Waals surface area contributed by atoms with Gasteiger partial charge in [0, 0.05) is 50.6 Å². The Kier molecular flexibility index (Phi) is 10.4. The van der Waals surface area contributed by atoms with Gasteiger partial charge in [-0.25, -0.2) is 13.4 Å². The molecule has 1 fully saturated rings. The monoisotopic (exact) mass is 703 g/mol. The van der Waals surface area contributed by atoms with E-state index in [4.69, 9.17) is 19.2 Å². The van der Waals surface area contributed by atoms with Crippen molar-refractivity contribution >= 4 is 60.5 Å². The van der Waals surface area contributed by atoms with Gasteiger partial charge in [0.05, 0.1) is 53.8 Å². The average molecular weight is 705 g/mol. The number of ether oxygens (including phenoxy) is 3. The van der Waals surface area contributed by atoms with Gasteiger partial charge in [0.25, 0.3) is 0 Å². The van der Waals surface area contributed by atoms with Crippen LogP contribution in [0.5, 0.6) is 17.2 Å². The molecular formula is C31H42BrN7O5S. The maximum Gasteiger partial charge on any atom is 0.232 e. The van der Waals surface area contributed by atoms with Crippen LogP contribution in [0.1, 0.15) is 32.1 Å². The molecule has 4 heterocycles. The number of anilines is 6. The Morgan fingerprint density at radius 2 is 1.73 bits per heavy atom. The summed E-state index contributed by atoms with van der Waals surface area (Å²) in [7, 11) is 3.88. The third-order valence-electron chi connectivity index (χ3n) is 8.18. The van der Waals surface area contributed by atoms with Gasteiger partial charge >= 0.3 is 0 Å². The SMILES string of the molecule is COc1cc(N2CCC(N(C)C)CC2)c2cc1Nc1ncc(Br)c(n1)Nc1ccc(cc1N(C)S(C)(=O)=O)OCCCCCO2. The lowest BCUT2D eigenvalue weighted by molar-refractivity contribution is 0.248. The second kappa shape index (κ2) is 14.3. The molecule has 2 N–H and O–H groups in total. The molecule has 0 spiro atoms. The predicted molar refractivity (Wildman–Crippen MR) is 183 cm³/mol. The van der Waals surface area contributed by atoms with E-state index in [1.165, 1.54) is 11.4 Å². The van der Waals surface area contributed by atoms with Crippen molar-refractivity contribution in [2.45, 2.75) is 38.1 Å². The van der Waals surface area contributed by atoms with E-state index in [2.05, 4.69) is 55.4 Å². The molecule has 2 aromatic carbocycles. The van der Waals surface area contributed by atoms with Crippen LogP contribution < -0.4 is 34.0 Å². The van der Waals surface area contributed by atoms with Crippen LogP contribution in [0.3, 0.4) is 0 Å². The van der Waals surface area contributed by atoms with Gasteiger partial charge in [-0.15, -0.1) is 0 Å². The summed E-state index contributed by atoms with van der Waals surface area (Å²) >= 11 is 3.53. The van der Waals surface area contributed by atoms with Crippen LogP contribution in [-0.2, 0) is 10.0 Å². The number of fused-ring (bicyclic) bond motifs is 8. The summed E-state index contributed by atoms with van der Waals surface area (Å²) in [6.45, 7) is 2.90. The lowest BCUT2D eigenvalue weighted by atomic mass is 10.0. The highest BCUT2D eigenvalue weighted by Gasteiger charge is 2.25. The molecule has 0 aliphatic carbocycles. The third kappa shape index (κ3) is 8.03. The molecule has 1 saturated heterocycles. The van der Waals surface area contributed by atoms with Crippen molar-refractivity contribution in [3.8, 4) is 17.2 Å². The number of rotatable bonds is 5. The van der Waals surface area contributed by atoms with Crippen LogP contribution in [0.25, 0.3) is 0 Å². The third-order valence-corrected chi connectivity index (χ3v) is 9.95. The van der Waals surface area contributed by atoms with Crippen molar-refractivity contribution in [2.24, 2.45) is 0 Å². The number of methoxy groups -OCH3 is 1. The molecule has 6 bridgehead atoms. The van der Waals surface area contributed by atoms with Gasteiger partial charge in [-0.2, -0.15) is 4.98 Å². The maximum atomic E-state index is 12.5. The van der Waals surface area contributed by atoms with Crippen LogP contribution in [-0.4, -0.2) is 90.1 Å². The topological polar surface area (TPSA) is 121 Å². The van der Waals surface area contributed by atoms with Crippen LogP contribution >= 0.6 is 15.9 Å². The van der Waals surface area contributed by atoms with Gasteiger partial charge in [0.15, 0.2) is 0 Å². The first-order valence-corrected chi connectivity index (χ1v) is 17.7. The zero-order valence-corrected chi connectivity index (χ0v) is 28.9. The fourth-order valence-corrected chi connectivity index (χ4v) is 6.26. The largest absolute Gasteiger partial charge is 0.494 e. The summed E-state index contributed by atoms with van der Waals surface area (Å²) in [4.78, 5) is 13.9. The molecule has 12 nitrogen and oxygen atoms in total. The molecule has 6 rings (SSSR count). The van der Waals surface area contributed by atoms with E-state index >= 15 is 0 Å². The van der Waals surface area contributed by atoms with Gasteiger partial charge in [-0.1, -0.05) is 0 Å². The average Bonchev–Trinajstić information content (AvgIpc) is 3.01. The highest BCUT2D eigenvalue weighted by Crippen LogP contribution is 2.41. The fraction of sp³-hybridized carbons (Fsp3) is 0.484. The molecule has 14 heteroatoms. The standard InChI is InChI=1S/C31H42BrN7O5S/c1-37(2)21-11-13-39(14-12-21)27-19-28(42-4)25-18-29(27)44-16-8-6-7-15-43-22-9-10-24(26(17-22)38(3)45(5,40)41)34-30-23(32)20-33-31(35-25)36-30/h9-10,17-21H,6-8,11-16H2,1-5H3,(H2,33,34,35,36). The normalized spacial score (nSPS) is 16.4. The number of aromatic nitrogens is 2. The highest BCUT2D eigenvalue weighted by atomic mass is 79.9. The second-order valence-electron chi connectivity index (χ2n) is 11.5. The van der Waals surface area contributed by atoms with E-state index in [0.717, 1.165) is 62.9 Å². The van der Waals surface area contributed by atoms with Crippen molar-refractivity contribution in [3.63, 3.8) is 0 Å². The first-order valence-electron chi connectivity index (χ1n) is 15.1. The van der Waals surface area contributed by atoms with Crippen molar-refractivity contribution < 1.29 is 22.6 Å². The molecule has 244 valence electrons. The molecular weight excluding hydrogens is 662 g/mol. The first-order chi connectivity index (χ1) is 21.5. The van der Waals surface area contributed by atoms with E-state index in [1.54, 1.807) is 25.4 Å². The van der Waals surface area contributed by atoms with Crippen molar-refractivity contribution in [1.29, 1.82) is 0 Å². The summed E-state index contributed by atoms with van der Waals surface area (Å²) in [5.74, 6) is 2.76. The smallest absolute Gasteiger partial charge is 0.232 e. The van der Waals surface area contributed by atoms with Crippen LogP contribution in [0.2, 0.25) is 0 Å². The number of nitrogens with zero attached hydrogens (tertiary/aromatic N) is 5. The van der Waals surface area contributed by atoms with E-state index in [0.29, 0.717) is 64.1 Å². The number of benzene rings is 2. The number of hydrogen-bond donors (Lipinski definition) is 2. The van der Waals surface area contributed by atoms with Gasteiger partial charge in [-0.05, 0) is 74.3 Å². The predicted octanol–water partition coefficient (Wildman–Crippen LogP) is 5.60. The summed E-state index contributed by atoms with van der Waals surface area (Å²) in [6, 6.07) is 9.85. The Labute approximate surface area is 274 Å². The molecule has 0 atom stereocenters. The second-order valence-corrected chi connectivity index (χ2v) is 14.4. The van der Waals surface area contributed by atoms with Gasteiger partial charge < -0.3 is 34.6 Å². The van der Waals surface area contributed by atoms with Gasteiger partial charge in [0.1, 0.15) is 23.1 Å². The minimum absolute atomic E-state index is 0.320. The zero-order valence-electron chi connectivity index (χ0n) is 26.5. The van der Waals surface area contributed by atoms with Crippen LogP contribution in [0, 0.1) is 0 Å². The lowest BCUT2D eigenvalue weighted by Gasteiger charge is -2.37. The number of hydrogen-bond acceptors (Lipinski definition) is 11. The molecule has 0 radical (unpaired) electrons. The molecule has 3 aromatic rings. The molecule has 3 aliphatic rings. The summed E-state index contributed by atoms with van der Waals surface area (Å²) in [5, 5.41) is 6.59. The number of piperidine rings is 1. The molecule has 0 saturated carbocycles. The number of nitrogens with one attached hydrogen (secondary N) is 2. The van der Waals surface area contributed by atoms with Crippen LogP contribution in [0.15, 0.2) is 41.0 Å². The first kappa shape index (κ1) is 32.9. The molecule has 0 unspecified atom stereocenters. The Bertz CT molecular complexity index is 1600. The summed E-state index contributed by atoms with van der Waals surface area (Å²) < 4.78 is 45.1.